The number of carbonyl (C=O) groups is 4. The van der Waals surface area contributed by atoms with Gasteiger partial charge in [0.05, 0.1) is 6.54 Å². The summed E-state index contributed by atoms with van der Waals surface area (Å²) in [5, 5.41) is 16.1. The highest BCUT2D eigenvalue weighted by atomic mass is 16.4. The average molecular weight is 364 g/mol. The molecule has 142 valence electrons. The van der Waals surface area contributed by atoms with E-state index >= 15 is 0 Å². The van der Waals surface area contributed by atoms with Crippen LogP contribution in [0.3, 0.4) is 0 Å². The van der Waals surface area contributed by atoms with Crippen molar-refractivity contribution in [1.29, 1.82) is 0 Å². The van der Waals surface area contributed by atoms with E-state index in [9.17, 15) is 19.2 Å². The van der Waals surface area contributed by atoms with Crippen molar-refractivity contribution in [3.63, 3.8) is 0 Å². The molecule has 0 saturated heterocycles. The van der Waals surface area contributed by atoms with Crippen LogP contribution in [0.25, 0.3) is 0 Å². The maximum absolute atomic E-state index is 12.5. The Morgan fingerprint density at radius 3 is 2.08 bits per heavy atom. The van der Waals surface area contributed by atoms with E-state index in [-0.39, 0.29) is 13.0 Å². The van der Waals surface area contributed by atoms with E-state index in [1.165, 1.54) is 13.8 Å². The largest absolute Gasteiger partial charge is 0.480 e. The summed E-state index contributed by atoms with van der Waals surface area (Å²) < 4.78 is 0. The van der Waals surface area contributed by atoms with Crippen LogP contribution in [0.4, 0.5) is 0 Å². The Labute approximate surface area is 151 Å². The average Bonchev–Trinajstić information content (AvgIpc) is 2.61. The molecule has 0 saturated carbocycles. The second-order valence-electron chi connectivity index (χ2n) is 5.81. The Hall–Kier alpha value is -2.94. The molecule has 0 heterocycles. The minimum absolute atomic E-state index is 0.221. The maximum atomic E-state index is 12.5. The zero-order chi connectivity index (χ0) is 19.7. The smallest absolute Gasteiger partial charge is 0.325 e. The summed E-state index contributed by atoms with van der Waals surface area (Å²) in [7, 11) is 0. The Morgan fingerprint density at radius 1 is 0.962 bits per heavy atom. The lowest BCUT2D eigenvalue weighted by Crippen LogP contribution is -2.55. The molecule has 1 aromatic rings. The van der Waals surface area contributed by atoms with E-state index in [0.717, 1.165) is 5.56 Å². The summed E-state index contributed by atoms with van der Waals surface area (Å²) in [6.07, 6.45) is 0.221. The maximum Gasteiger partial charge on any atom is 0.325 e. The zero-order valence-corrected chi connectivity index (χ0v) is 14.7. The second-order valence-corrected chi connectivity index (χ2v) is 5.81. The molecule has 6 N–H and O–H groups in total. The number of hydrogen-bond donors (Lipinski definition) is 5. The van der Waals surface area contributed by atoms with Crippen LogP contribution in [0.1, 0.15) is 19.4 Å². The van der Waals surface area contributed by atoms with Gasteiger partial charge in [0.2, 0.25) is 17.7 Å². The predicted molar refractivity (Wildman–Crippen MR) is 94.0 cm³/mol. The van der Waals surface area contributed by atoms with Gasteiger partial charge in [-0.25, -0.2) is 0 Å². The summed E-state index contributed by atoms with van der Waals surface area (Å²) in [6, 6.07) is 6.07. The van der Waals surface area contributed by atoms with Crippen molar-refractivity contribution in [1.82, 2.24) is 16.0 Å². The van der Waals surface area contributed by atoms with Crippen LogP contribution in [-0.4, -0.2) is 53.5 Å². The number of benzene rings is 1. The topological polar surface area (TPSA) is 151 Å². The summed E-state index contributed by atoms with van der Waals surface area (Å²) in [6.45, 7) is 2.46. The monoisotopic (exact) mass is 364 g/mol. The van der Waals surface area contributed by atoms with Crippen molar-refractivity contribution in [3.05, 3.63) is 35.9 Å². The van der Waals surface area contributed by atoms with E-state index in [4.69, 9.17) is 10.8 Å². The van der Waals surface area contributed by atoms with E-state index in [1.54, 1.807) is 24.3 Å². The first-order valence-corrected chi connectivity index (χ1v) is 8.11. The number of amides is 3. The van der Waals surface area contributed by atoms with Gasteiger partial charge in [0.15, 0.2) is 0 Å². The van der Waals surface area contributed by atoms with Crippen molar-refractivity contribution in [3.8, 4) is 0 Å². The molecule has 0 aliphatic carbocycles. The molecule has 0 bridgehead atoms. The van der Waals surface area contributed by atoms with Crippen molar-refractivity contribution in [2.45, 2.75) is 38.4 Å². The fraction of sp³-hybridized carbons (Fsp3) is 0.412. The van der Waals surface area contributed by atoms with E-state index in [1.807, 2.05) is 6.07 Å². The van der Waals surface area contributed by atoms with Crippen LogP contribution >= 0.6 is 0 Å². The van der Waals surface area contributed by atoms with Crippen molar-refractivity contribution in [2.75, 3.05) is 6.54 Å². The first-order chi connectivity index (χ1) is 12.2. The van der Waals surface area contributed by atoms with Crippen molar-refractivity contribution < 1.29 is 24.3 Å². The third-order valence-electron chi connectivity index (χ3n) is 3.60. The number of nitrogens with one attached hydrogen (secondary N) is 3. The second kappa shape index (κ2) is 10.1. The van der Waals surface area contributed by atoms with E-state index < -0.39 is 41.8 Å². The van der Waals surface area contributed by atoms with Gasteiger partial charge < -0.3 is 26.8 Å². The number of carboxylic acids is 1. The number of rotatable bonds is 9. The molecule has 1 rings (SSSR count). The Bertz CT molecular complexity index is 650. The number of carbonyl (C=O) groups excluding carboxylic acids is 3. The molecular weight excluding hydrogens is 340 g/mol. The number of carboxylic acid groups (broad SMARTS) is 1. The van der Waals surface area contributed by atoms with Crippen LogP contribution in [0.2, 0.25) is 0 Å². The molecule has 3 unspecified atom stereocenters. The molecule has 9 nitrogen and oxygen atoms in total. The van der Waals surface area contributed by atoms with Gasteiger partial charge in [-0.2, -0.15) is 0 Å². The molecule has 3 atom stereocenters. The lowest BCUT2D eigenvalue weighted by atomic mass is 10.0. The Morgan fingerprint density at radius 2 is 1.54 bits per heavy atom. The van der Waals surface area contributed by atoms with Gasteiger partial charge in [0.25, 0.3) is 0 Å². The highest BCUT2D eigenvalue weighted by Crippen LogP contribution is 2.04. The van der Waals surface area contributed by atoms with Gasteiger partial charge in [-0.15, -0.1) is 0 Å². The van der Waals surface area contributed by atoms with Crippen molar-refractivity contribution in [2.24, 2.45) is 5.73 Å². The number of nitrogens with two attached hydrogens (primary N) is 1. The van der Waals surface area contributed by atoms with Gasteiger partial charge in [-0.05, 0) is 19.4 Å². The van der Waals surface area contributed by atoms with Crippen molar-refractivity contribution >= 4 is 23.7 Å². The lowest BCUT2D eigenvalue weighted by molar-refractivity contribution is -0.141. The molecular formula is C17H24N4O5. The molecule has 0 aliphatic heterocycles. The highest BCUT2D eigenvalue weighted by molar-refractivity contribution is 5.93. The molecule has 3 amide bonds. The first-order valence-electron chi connectivity index (χ1n) is 8.11. The third-order valence-corrected chi connectivity index (χ3v) is 3.60. The Balaban J connectivity index is 2.76. The minimum Gasteiger partial charge on any atom is -0.480 e. The van der Waals surface area contributed by atoms with Crippen LogP contribution < -0.4 is 21.7 Å². The van der Waals surface area contributed by atoms with Gasteiger partial charge in [-0.1, -0.05) is 30.3 Å². The molecule has 0 radical (unpaired) electrons. The molecule has 0 aromatic heterocycles. The van der Waals surface area contributed by atoms with E-state index in [0.29, 0.717) is 0 Å². The van der Waals surface area contributed by atoms with Gasteiger partial charge >= 0.3 is 5.97 Å². The third kappa shape index (κ3) is 6.89. The number of hydrogen-bond acceptors (Lipinski definition) is 5. The quantitative estimate of drug-likeness (QED) is 0.370. The Kier molecular flexibility index (Phi) is 8.23. The van der Waals surface area contributed by atoms with Gasteiger partial charge in [-0.3, -0.25) is 19.2 Å². The van der Waals surface area contributed by atoms with E-state index in [2.05, 4.69) is 16.0 Å². The van der Waals surface area contributed by atoms with Crippen LogP contribution in [0.15, 0.2) is 30.3 Å². The van der Waals surface area contributed by atoms with Crippen LogP contribution in [-0.2, 0) is 25.6 Å². The minimum atomic E-state index is -1.19. The molecule has 9 heteroatoms. The predicted octanol–water partition coefficient (Wildman–Crippen LogP) is -1.23. The molecule has 26 heavy (non-hydrogen) atoms. The molecule has 0 spiro atoms. The van der Waals surface area contributed by atoms with Crippen LogP contribution in [0, 0.1) is 0 Å². The number of aliphatic carboxylic acids is 1. The molecule has 0 aliphatic rings. The molecule has 0 fully saturated rings. The van der Waals surface area contributed by atoms with Gasteiger partial charge in [0.1, 0.15) is 18.1 Å². The lowest BCUT2D eigenvalue weighted by Gasteiger charge is -2.21. The highest BCUT2D eigenvalue weighted by Gasteiger charge is 2.25. The zero-order valence-electron chi connectivity index (χ0n) is 14.7. The summed E-state index contributed by atoms with van der Waals surface area (Å²) in [5.41, 5.74) is 6.10. The van der Waals surface area contributed by atoms with Gasteiger partial charge in [0, 0.05) is 6.42 Å². The van der Waals surface area contributed by atoms with Crippen LogP contribution in [0.5, 0.6) is 0 Å². The fourth-order valence-corrected chi connectivity index (χ4v) is 2.09. The fourth-order valence-electron chi connectivity index (χ4n) is 2.09. The normalized spacial score (nSPS) is 13.8. The standard InChI is InChI=1S/C17H24N4O5/c1-10(15(23)20-11(2)17(25)26)19-16(24)13(21-14(22)9-18)8-12-6-4-3-5-7-12/h3-7,10-11,13H,8-9,18H2,1-2H3,(H,19,24)(H,20,23)(H,21,22)(H,25,26). The first kappa shape index (κ1) is 21.1. The molecule has 1 aromatic carbocycles. The summed E-state index contributed by atoms with van der Waals surface area (Å²) in [4.78, 5) is 46.8. The SMILES string of the molecule is CC(NC(=O)C(C)NC(=O)C(Cc1ccccc1)NC(=O)CN)C(=O)O. The summed E-state index contributed by atoms with van der Waals surface area (Å²) >= 11 is 0. The summed E-state index contributed by atoms with van der Waals surface area (Å²) in [5.74, 6) is -2.90.